The van der Waals surface area contributed by atoms with Gasteiger partial charge in [0.15, 0.2) is 0 Å². The van der Waals surface area contributed by atoms with E-state index in [2.05, 4.69) is 0 Å². The molecule has 0 bridgehead atoms. The fourth-order valence-electron chi connectivity index (χ4n) is 2.35. The third-order valence-electron chi connectivity index (χ3n) is 3.37. The normalized spacial score (nSPS) is 15.5. The van der Waals surface area contributed by atoms with E-state index in [1.807, 2.05) is 43.0 Å². The van der Waals surface area contributed by atoms with Gasteiger partial charge in [-0.3, -0.25) is 9.69 Å². The number of urea groups is 1. The second-order valence-electron chi connectivity index (χ2n) is 5.27. The molecule has 1 aromatic carbocycles. The molecule has 19 heavy (non-hydrogen) atoms. The summed E-state index contributed by atoms with van der Waals surface area (Å²) in [7, 11) is 0. The SMILES string of the molecule is CC(=O)Cc1ccc(N2CCN(C(C)C)C2=O)cc1. The average molecular weight is 260 g/mol. The first kappa shape index (κ1) is 13.6. The van der Waals surface area contributed by atoms with Crippen LogP contribution in [-0.4, -0.2) is 35.8 Å². The lowest BCUT2D eigenvalue weighted by Gasteiger charge is -2.21. The van der Waals surface area contributed by atoms with Crippen molar-refractivity contribution >= 4 is 17.5 Å². The Morgan fingerprint density at radius 2 is 1.84 bits per heavy atom. The van der Waals surface area contributed by atoms with Gasteiger partial charge in [-0.25, -0.2) is 4.79 Å². The van der Waals surface area contributed by atoms with Crippen LogP contribution < -0.4 is 4.90 Å². The van der Waals surface area contributed by atoms with E-state index < -0.39 is 0 Å². The molecule has 0 N–H and O–H groups in total. The van der Waals surface area contributed by atoms with Crippen molar-refractivity contribution in [3.63, 3.8) is 0 Å². The minimum Gasteiger partial charge on any atom is -0.320 e. The third-order valence-corrected chi connectivity index (χ3v) is 3.37. The number of ketones is 1. The van der Waals surface area contributed by atoms with Gasteiger partial charge in [0.05, 0.1) is 0 Å². The number of anilines is 1. The minimum atomic E-state index is 0.0642. The van der Waals surface area contributed by atoms with Crippen molar-refractivity contribution < 1.29 is 9.59 Å². The largest absolute Gasteiger partial charge is 0.324 e. The summed E-state index contributed by atoms with van der Waals surface area (Å²) < 4.78 is 0. The van der Waals surface area contributed by atoms with Crippen LogP contribution in [0.1, 0.15) is 26.3 Å². The Morgan fingerprint density at radius 3 is 2.32 bits per heavy atom. The Bertz CT molecular complexity index is 479. The lowest BCUT2D eigenvalue weighted by atomic mass is 10.1. The second-order valence-corrected chi connectivity index (χ2v) is 5.27. The molecule has 0 spiro atoms. The number of Topliss-reactive ketones (excluding diaryl/α,β-unsaturated/α-hetero) is 1. The van der Waals surface area contributed by atoms with Crippen molar-refractivity contribution in [1.29, 1.82) is 0 Å². The molecule has 1 aliphatic heterocycles. The maximum absolute atomic E-state index is 12.2. The van der Waals surface area contributed by atoms with Gasteiger partial charge in [-0.1, -0.05) is 12.1 Å². The molecule has 0 aromatic heterocycles. The van der Waals surface area contributed by atoms with Gasteiger partial charge < -0.3 is 4.90 Å². The van der Waals surface area contributed by atoms with Gasteiger partial charge >= 0.3 is 6.03 Å². The van der Waals surface area contributed by atoms with Crippen LogP contribution in [0.15, 0.2) is 24.3 Å². The van der Waals surface area contributed by atoms with E-state index in [4.69, 9.17) is 0 Å². The van der Waals surface area contributed by atoms with Crippen molar-refractivity contribution in [2.24, 2.45) is 0 Å². The molecule has 0 unspecified atom stereocenters. The van der Waals surface area contributed by atoms with Gasteiger partial charge in [0.1, 0.15) is 5.78 Å². The first-order valence-electron chi connectivity index (χ1n) is 6.65. The molecule has 4 nitrogen and oxygen atoms in total. The molecular formula is C15H20N2O2. The van der Waals surface area contributed by atoms with Gasteiger partial charge in [-0.05, 0) is 38.5 Å². The zero-order valence-corrected chi connectivity index (χ0v) is 11.7. The molecule has 1 aromatic rings. The predicted molar refractivity (Wildman–Crippen MR) is 75.4 cm³/mol. The number of nitrogens with zero attached hydrogens (tertiary/aromatic N) is 2. The molecule has 4 heteroatoms. The number of hydrogen-bond donors (Lipinski definition) is 0. The number of amides is 2. The first-order chi connectivity index (χ1) is 8.99. The fourth-order valence-corrected chi connectivity index (χ4v) is 2.35. The van der Waals surface area contributed by atoms with Crippen LogP contribution in [0.5, 0.6) is 0 Å². The lowest BCUT2D eigenvalue weighted by molar-refractivity contribution is -0.116. The molecule has 0 aliphatic carbocycles. The highest BCUT2D eigenvalue weighted by molar-refractivity contribution is 5.94. The summed E-state index contributed by atoms with van der Waals surface area (Å²) in [5.41, 5.74) is 1.89. The van der Waals surface area contributed by atoms with Crippen molar-refractivity contribution in [3.8, 4) is 0 Å². The topological polar surface area (TPSA) is 40.6 Å². The van der Waals surface area contributed by atoms with Crippen LogP contribution in [0.4, 0.5) is 10.5 Å². The smallest absolute Gasteiger partial charge is 0.320 e. The maximum atomic E-state index is 12.2. The van der Waals surface area contributed by atoms with E-state index in [1.54, 1.807) is 11.8 Å². The Kier molecular flexibility index (Phi) is 3.88. The predicted octanol–water partition coefficient (Wildman–Crippen LogP) is 2.47. The Labute approximate surface area is 114 Å². The van der Waals surface area contributed by atoms with Gasteiger partial charge in [0, 0.05) is 31.2 Å². The Morgan fingerprint density at radius 1 is 1.21 bits per heavy atom. The molecule has 0 atom stereocenters. The minimum absolute atomic E-state index is 0.0642. The highest BCUT2D eigenvalue weighted by Gasteiger charge is 2.30. The summed E-state index contributed by atoms with van der Waals surface area (Å²) in [6.45, 7) is 7.13. The van der Waals surface area contributed by atoms with Crippen LogP contribution in [0.25, 0.3) is 0 Å². The Balaban J connectivity index is 2.11. The summed E-state index contributed by atoms with van der Waals surface area (Å²) in [4.78, 5) is 26.9. The van der Waals surface area contributed by atoms with Crippen molar-refractivity contribution in [3.05, 3.63) is 29.8 Å². The fraction of sp³-hybridized carbons (Fsp3) is 0.467. The molecule has 1 heterocycles. The summed E-state index contributed by atoms with van der Waals surface area (Å²) in [5.74, 6) is 0.149. The van der Waals surface area contributed by atoms with Crippen LogP contribution in [0.3, 0.4) is 0 Å². The molecule has 2 rings (SSSR count). The standard InChI is InChI=1S/C15H20N2O2/c1-11(2)16-8-9-17(15(16)19)14-6-4-13(5-7-14)10-12(3)18/h4-7,11H,8-10H2,1-3H3. The van der Waals surface area contributed by atoms with Crippen LogP contribution >= 0.6 is 0 Å². The van der Waals surface area contributed by atoms with Gasteiger partial charge in [-0.2, -0.15) is 0 Å². The quantitative estimate of drug-likeness (QED) is 0.834. The zero-order valence-electron chi connectivity index (χ0n) is 11.7. The molecule has 2 amide bonds. The van der Waals surface area contributed by atoms with Crippen LogP contribution in [0.2, 0.25) is 0 Å². The summed E-state index contributed by atoms with van der Waals surface area (Å²) >= 11 is 0. The highest BCUT2D eigenvalue weighted by atomic mass is 16.2. The van der Waals surface area contributed by atoms with Gasteiger partial charge in [0.2, 0.25) is 0 Å². The Hall–Kier alpha value is -1.84. The number of benzene rings is 1. The van der Waals surface area contributed by atoms with Crippen LogP contribution in [0, 0.1) is 0 Å². The molecular weight excluding hydrogens is 240 g/mol. The first-order valence-corrected chi connectivity index (χ1v) is 6.65. The lowest BCUT2D eigenvalue weighted by Crippen LogP contribution is -2.36. The number of hydrogen-bond acceptors (Lipinski definition) is 2. The monoisotopic (exact) mass is 260 g/mol. The third kappa shape index (κ3) is 2.95. The van der Waals surface area contributed by atoms with E-state index >= 15 is 0 Å². The van der Waals surface area contributed by atoms with Gasteiger partial charge in [-0.15, -0.1) is 0 Å². The molecule has 0 radical (unpaired) electrons. The van der Waals surface area contributed by atoms with E-state index in [0.29, 0.717) is 6.42 Å². The maximum Gasteiger partial charge on any atom is 0.324 e. The molecule has 1 saturated heterocycles. The summed E-state index contributed by atoms with van der Waals surface area (Å²) in [5, 5.41) is 0. The zero-order chi connectivity index (χ0) is 14.0. The van der Waals surface area contributed by atoms with Crippen molar-refractivity contribution in [1.82, 2.24) is 4.90 Å². The van der Waals surface area contributed by atoms with E-state index in [0.717, 1.165) is 24.3 Å². The number of carbonyl (C=O) groups is 2. The van der Waals surface area contributed by atoms with Crippen molar-refractivity contribution in [2.75, 3.05) is 18.0 Å². The summed E-state index contributed by atoms with van der Waals surface area (Å²) in [6.07, 6.45) is 0.451. The number of rotatable bonds is 4. The van der Waals surface area contributed by atoms with Crippen LogP contribution in [-0.2, 0) is 11.2 Å². The average Bonchev–Trinajstić information content (AvgIpc) is 2.71. The van der Waals surface area contributed by atoms with Gasteiger partial charge in [0.25, 0.3) is 0 Å². The molecule has 1 aliphatic rings. The number of carbonyl (C=O) groups excluding carboxylic acids is 2. The second kappa shape index (κ2) is 5.43. The molecule has 1 fully saturated rings. The molecule has 0 saturated carbocycles. The van der Waals surface area contributed by atoms with Crippen molar-refractivity contribution in [2.45, 2.75) is 33.2 Å². The van der Waals surface area contributed by atoms with E-state index in [9.17, 15) is 9.59 Å². The summed E-state index contributed by atoms with van der Waals surface area (Å²) in [6, 6.07) is 7.97. The molecule has 102 valence electrons. The van der Waals surface area contributed by atoms with E-state index in [-0.39, 0.29) is 17.9 Å². The highest BCUT2D eigenvalue weighted by Crippen LogP contribution is 2.22. The van der Waals surface area contributed by atoms with E-state index in [1.165, 1.54) is 0 Å².